The number of hydrogen-bond acceptors (Lipinski definition) is 6. The zero-order chi connectivity index (χ0) is 13.1. The third kappa shape index (κ3) is 7.60. The Kier molecular flexibility index (Phi) is 8.75. The highest BCUT2D eigenvalue weighted by Crippen LogP contribution is 1.96. The monoisotopic (exact) mass is 258 g/mol. The van der Waals surface area contributed by atoms with Gasteiger partial charge in [0.05, 0.1) is 0 Å². The van der Waals surface area contributed by atoms with Crippen molar-refractivity contribution < 1.29 is 9.63 Å². The molecule has 0 aromatic heterocycles. The number of carbonyl (C=O) groups is 1. The molecule has 18 heavy (non-hydrogen) atoms. The van der Waals surface area contributed by atoms with E-state index in [1.54, 1.807) is 5.06 Å². The molecule has 1 aliphatic heterocycles. The van der Waals surface area contributed by atoms with Crippen molar-refractivity contribution in [3.63, 3.8) is 0 Å². The Morgan fingerprint density at radius 3 is 2.56 bits per heavy atom. The summed E-state index contributed by atoms with van der Waals surface area (Å²) in [6.45, 7) is 7.91. The zero-order valence-corrected chi connectivity index (χ0v) is 11.3. The summed E-state index contributed by atoms with van der Waals surface area (Å²) < 4.78 is 0. The number of rotatable bonds is 3. The fourth-order valence-electron chi connectivity index (χ4n) is 1.73. The fourth-order valence-corrected chi connectivity index (χ4v) is 1.73. The van der Waals surface area contributed by atoms with Crippen LogP contribution < -0.4 is 16.0 Å². The molecule has 0 aromatic rings. The standard InChI is InChI=1S/C12H26N4O2/c1-2-4-12(17)18-16-9-7-13-5-3-6-14-11-15-8-10-16/h13-15H,2-11H2,1H3. The summed E-state index contributed by atoms with van der Waals surface area (Å²) >= 11 is 0. The molecule has 0 spiro atoms. The van der Waals surface area contributed by atoms with Crippen LogP contribution in [-0.2, 0) is 9.63 Å². The van der Waals surface area contributed by atoms with Gasteiger partial charge in [-0.1, -0.05) is 6.92 Å². The first-order chi connectivity index (χ1) is 8.83. The Morgan fingerprint density at radius 2 is 1.78 bits per heavy atom. The molecule has 1 fully saturated rings. The summed E-state index contributed by atoms with van der Waals surface area (Å²) in [5.41, 5.74) is 0. The van der Waals surface area contributed by atoms with Gasteiger partial charge < -0.3 is 20.8 Å². The summed E-state index contributed by atoms with van der Waals surface area (Å²) in [7, 11) is 0. The van der Waals surface area contributed by atoms with Crippen molar-refractivity contribution in [1.82, 2.24) is 21.0 Å². The highest BCUT2D eigenvalue weighted by molar-refractivity contribution is 5.68. The Balaban J connectivity index is 2.29. The average Bonchev–Trinajstić information content (AvgIpc) is 2.33. The van der Waals surface area contributed by atoms with Crippen LogP contribution in [0.3, 0.4) is 0 Å². The summed E-state index contributed by atoms with van der Waals surface area (Å²) in [5.74, 6) is -0.136. The normalized spacial score (nSPS) is 20.7. The number of nitrogens with zero attached hydrogens (tertiary/aromatic N) is 1. The predicted octanol–water partition coefficient (Wildman–Crippen LogP) is -0.323. The predicted molar refractivity (Wildman–Crippen MR) is 70.9 cm³/mol. The lowest BCUT2D eigenvalue weighted by atomic mass is 10.3. The minimum Gasteiger partial charge on any atom is -0.368 e. The first kappa shape index (κ1) is 15.4. The molecule has 0 aliphatic carbocycles. The van der Waals surface area contributed by atoms with Crippen molar-refractivity contribution in [1.29, 1.82) is 0 Å². The summed E-state index contributed by atoms with van der Waals surface area (Å²) in [6, 6.07) is 0. The van der Waals surface area contributed by atoms with Gasteiger partial charge in [-0.15, -0.1) is 5.06 Å². The molecule has 0 atom stereocenters. The van der Waals surface area contributed by atoms with Crippen molar-refractivity contribution in [2.24, 2.45) is 0 Å². The largest absolute Gasteiger partial charge is 0.368 e. The second-order valence-corrected chi connectivity index (χ2v) is 4.42. The minimum absolute atomic E-state index is 0.136. The van der Waals surface area contributed by atoms with Crippen LogP contribution in [-0.4, -0.2) is 57.0 Å². The average molecular weight is 258 g/mol. The van der Waals surface area contributed by atoms with Gasteiger partial charge in [-0.25, -0.2) is 0 Å². The van der Waals surface area contributed by atoms with E-state index in [9.17, 15) is 4.79 Å². The molecule has 0 radical (unpaired) electrons. The highest BCUT2D eigenvalue weighted by Gasteiger charge is 2.10. The Labute approximate surface area is 109 Å². The van der Waals surface area contributed by atoms with Gasteiger partial charge in [-0.2, -0.15) is 0 Å². The van der Waals surface area contributed by atoms with E-state index < -0.39 is 0 Å². The van der Waals surface area contributed by atoms with Crippen molar-refractivity contribution in [3.05, 3.63) is 0 Å². The molecule has 0 unspecified atom stereocenters. The maximum Gasteiger partial charge on any atom is 0.325 e. The molecule has 1 heterocycles. The molecule has 1 saturated heterocycles. The molecule has 0 aromatic carbocycles. The van der Waals surface area contributed by atoms with Crippen LogP contribution in [0.1, 0.15) is 26.2 Å². The van der Waals surface area contributed by atoms with Gasteiger partial charge in [-0.3, -0.25) is 4.79 Å². The van der Waals surface area contributed by atoms with Crippen LogP contribution in [0.4, 0.5) is 0 Å². The van der Waals surface area contributed by atoms with E-state index in [2.05, 4.69) is 16.0 Å². The second kappa shape index (κ2) is 10.3. The van der Waals surface area contributed by atoms with Gasteiger partial charge in [0.15, 0.2) is 0 Å². The number of nitrogens with one attached hydrogen (secondary N) is 3. The van der Waals surface area contributed by atoms with Crippen molar-refractivity contribution in [2.75, 3.05) is 45.9 Å². The van der Waals surface area contributed by atoms with Crippen molar-refractivity contribution >= 4 is 5.97 Å². The van der Waals surface area contributed by atoms with Gasteiger partial charge in [0, 0.05) is 39.3 Å². The van der Waals surface area contributed by atoms with Gasteiger partial charge in [0.2, 0.25) is 0 Å². The molecule has 0 amide bonds. The lowest BCUT2D eigenvalue weighted by Crippen LogP contribution is -2.41. The number of hydroxylamine groups is 2. The van der Waals surface area contributed by atoms with Gasteiger partial charge in [0.1, 0.15) is 0 Å². The molecule has 106 valence electrons. The third-order valence-corrected chi connectivity index (χ3v) is 2.72. The minimum atomic E-state index is -0.136. The van der Waals surface area contributed by atoms with E-state index in [0.29, 0.717) is 6.42 Å². The van der Waals surface area contributed by atoms with Crippen LogP contribution >= 0.6 is 0 Å². The first-order valence-corrected chi connectivity index (χ1v) is 6.91. The molecular weight excluding hydrogens is 232 g/mol. The lowest BCUT2D eigenvalue weighted by Gasteiger charge is -2.22. The summed E-state index contributed by atoms with van der Waals surface area (Å²) in [6.07, 6.45) is 2.42. The highest BCUT2D eigenvalue weighted by atomic mass is 16.7. The van der Waals surface area contributed by atoms with E-state index in [1.165, 1.54) is 0 Å². The van der Waals surface area contributed by atoms with E-state index in [4.69, 9.17) is 4.84 Å². The van der Waals surface area contributed by atoms with E-state index in [1.807, 2.05) is 6.92 Å². The molecule has 1 aliphatic rings. The van der Waals surface area contributed by atoms with E-state index in [-0.39, 0.29) is 5.97 Å². The smallest absolute Gasteiger partial charge is 0.325 e. The Morgan fingerprint density at radius 1 is 1.11 bits per heavy atom. The van der Waals surface area contributed by atoms with Gasteiger partial charge in [-0.05, 0) is 25.9 Å². The molecule has 6 heteroatoms. The van der Waals surface area contributed by atoms with Crippen LogP contribution in [0.15, 0.2) is 0 Å². The van der Waals surface area contributed by atoms with Crippen LogP contribution in [0, 0.1) is 0 Å². The number of carbonyl (C=O) groups excluding carboxylic acids is 1. The third-order valence-electron chi connectivity index (χ3n) is 2.72. The topological polar surface area (TPSA) is 65.6 Å². The summed E-state index contributed by atoms with van der Waals surface area (Å²) in [5, 5.41) is 11.7. The second-order valence-electron chi connectivity index (χ2n) is 4.42. The lowest BCUT2D eigenvalue weighted by molar-refractivity contribution is -0.190. The molecule has 3 N–H and O–H groups in total. The quantitative estimate of drug-likeness (QED) is 0.644. The van der Waals surface area contributed by atoms with Gasteiger partial charge in [0.25, 0.3) is 0 Å². The SMILES string of the molecule is CCCC(=O)ON1CCNCCCNCNCC1. The van der Waals surface area contributed by atoms with Crippen molar-refractivity contribution in [3.8, 4) is 0 Å². The molecule has 6 nitrogen and oxygen atoms in total. The van der Waals surface area contributed by atoms with Crippen molar-refractivity contribution in [2.45, 2.75) is 26.2 Å². The van der Waals surface area contributed by atoms with E-state index >= 15 is 0 Å². The summed E-state index contributed by atoms with van der Waals surface area (Å²) in [4.78, 5) is 16.8. The fraction of sp³-hybridized carbons (Fsp3) is 0.917. The maximum atomic E-state index is 11.5. The zero-order valence-electron chi connectivity index (χ0n) is 11.3. The van der Waals surface area contributed by atoms with Crippen LogP contribution in [0.25, 0.3) is 0 Å². The molecule has 0 bridgehead atoms. The molecule has 1 rings (SSSR count). The van der Waals surface area contributed by atoms with Crippen LogP contribution in [0.5, 0.6) is 0 Å². The Bertz CT molecular complexity index is 214. The molecular formula is C12H26N4O2. The van der Waals surface area contributed by atoms with Crippen LogP contribution in [0.2, 0.25) is 0 Å². The van der Waals surface area contributed by atoms with E-state index in [0.717, 1.165) is 58.8 Å². The first-order valence-electron chi connectivity index (χ1n) is 6.91. The Hall–Kier alpha value is -0.690. The van der Waals surface area contributed by atoms with Gasteiger partial charge >= 0.3 is 5.97 Å². The number of hydrogen-bond donors (Lipinski definition) is 3. The molecule has 0 saturated carbocycles. The maximum absolute atomic E-state index is 11.5.